The second-order valence-corrected chi connectivity index (χ2v) is 5.48. The molecule has 3 nitrogen and oxygen atoms in total. The Morgan fingerprint density at radius 3 is 2.58 bits per heavy atom. The molecule has 0 radical (unpaired) electrons. The Hall–Kier alpha value is -1.32. The van der Waals surface area contributed by atoms with Gasteiger partial charge in [0.25, 0.3) is 0 Å². The summed E-state index contributed by atoms with van der Waals surface area (Å²) in [5, 5.41) is 14.0. The van der Waals surface area contributed by atoms with E-state index in [1.165, 1.54) is 22.2 Å². The number of hydrogen-bond acceptors (Lipinski definition) is 2. The minimum absolute atomic E-state index is 0.224. The van der Waals surface area contributed by atoms with Crippen molar-refractivity contribution in [3.05, 3.63) is 35.5 Å². The van der Waals surface area contributed by atoms with Crippen molar-refractivity contribution in [3.63, 3.8) is 0 Å². The van der Waals surface area contributed by atoms with Gasteiger partial charge in [-0.2, -0.15) is 0 Å². The number of para-hydroxylation sites is 1. The molecule has 0 saturated heterocycles. The molecule has 1 heterocycles. The van der Waals surface area contributed by atoms with Crippen LogP contribution in [0.1, 0.15) is 25.1 Å². The molecule has 2 N–H and O–H groups in total. The maximum absolute atomic E-state index is 9.18. The van der Waals surface area contributed by atoms with Crippen molar-refractivity contribution in [1.29, 1.82) is 0 Å². The van der Waals surface area contributed by atoms with Crippen LogP contribution in [-0.2, 0) is 13.6 Å². The van der Waals surface area contributed by atoms with Crippen LogP contribution in [-0.4, -0.2) is 22.3 Å². The number of nitrogens with one attached hydrogen (secondary N) is 1. The first-order valence-electron chi connectivity index (χ1n) is 6.93. The number of hydrogen-bond donors (Lipinski definition) is 2. The van der Waals surface area contributed by atoms with Crippen LogP contribution < -0.4 is 5.32 Å². The zero-order valence-electron chi connectivity index (χ0n) is 12.3. The number of aliphatic hydroxyl groups excluding tert-OH is 1. The summed E-state index contributed by atoms with van der Waals surface area (Å²) in [6, 6.07) is 8.81. The van der Waals surface area contributed by atoms with E-state index in [1.54, 1.807) is 0 Å². The van der Waals surface area contributed by atoms with Gasteiger partial charge in [0.1, 0.15) is 0 Å². The van der Waals surface area contributed by atoms with Crippen LogP contribution >= 0.6 is 0 Å². The lowest BCUT2D eigenvalue weighted by molar-refractivity contribution is 0.206. The highest BCUT2D eigenvalue weighted by Gasteiger charge is 2.14. The lowest BCUT2D eigenvalue weighted by Crippen LogP contribution is -2.34. The predicted octanol–water partition coefficient (Wildman–Crippen LogP) is 2.59. The van der Waals surface area contributed by atoms with Crippen LogP contribution in [0.2, 0.25) is 0 Å². The Labute approximate surface area is 115 Å². The Bertz CT molecular complexity index is 520. The van der Waals surface area contributed by atoms with Crippen LogP contribution in [0.15, 0.2) is 24.3 Å². The number of fused-ring (bicyclic) bond motifs is 1. The molecule has 0 aliphatic heterocycles. The number of benzene rings is 1. The fourth-order valence-corrected chi connectivity index (χ4v) is 2.50. The van der Waals surface area contributed by atoms with Crippen LogP contribution in [0.4, 0.5) is 0 Å². The molecule has 2 unspecified atom stereocenters. The summed E-state index contributed by atoms with van der Waals surface area (Å²) in [5.74, 6) is 0.273. The Kier molecular flexibility index (Phi) is 4.27. The summed E-state index contributed by atoms with van der Waals surface area (Å²) in [6.45, 7) is 7.43. The topological polar surface area (TPSA) is 37.2 Å². The van der Waals surface area contributed by atoms with Gasteiger partial charge < -0.3 is 15.0 Å². The van der Waals surface area contributed by atoms with Crippen molar-refractivity contribution in [2.75, 3.05) is 6.61 Å². The fraction of sp³-hybridized carbons (Fsp3) is 0.500. The zero-order valence-corrected chi connectivity index (χ0v) is 12.3. The maximum atomic E-state index is 9.18. The van der Waals surface area contributed by atoms with E-state index in [9.17, 15) is 5.11 Å². The highest BCUT2D eigenvalue weighted by molar-refractivity contribution is 5.85. The molecular formula is C16H24N2O. The van der Waals surface area contributed by atoms with Crippen molar-refractivity contribution in [3.8, 4) is 0 Å². The summed E-state index contributed by atoms with van der Waals surface area (Å²) in [7, 11) is 2.12. The van der Waals surface area contributed by atoms with Crippen LogP contribution in [0, 0.1) is 12.8 Å². The van der Waals surface area contributed by atoms with Gasteiger partial charge >= 0.3 is 0 Å². The van der Waals surface area contributed by atoms with Crippen molar-refractivity contribution < 1.29 is 5.11 Å². The first kappa shape index (κ1) is 14.1. The highest BCUT2D eigenvalue weighted by Crippen LogP contribution is 2.24. The van der Waals surface area contributed by atoms with Crippen LogP contribution in [0.5, 0.6) is 0 Å². The van der Waals surface area contributed by atoms with Crippen LogP contribution in [0.3, 0.4) is 0 Å². The van der Waals surface area contributed by atoms with E-state index in [0.717, 1.165) is 6.54 Å². The van der Waals surface area contributed by atoms with Gasteiger partial charge in [-0.15, -0.1) is 0 Å². The fourth-order valence-electron chi connectivity index (χ4n) is 2.50. The Morgan fingerprint density at radius 1 is 1.26 bits per heavy atom. The molecule has 0 fully saturated rings. The van der Waals surface area contributed by atoms with Gasteiger partial charge in [0.05, 0.1) is 0 Å². The molecule has 3 heteroatoms. The van der Waals surface area contributed by atoms with E-state index in [1.807, 2.05) is 0 Å². The normalized spacial score (nSPS) is 14.8. The standard InChI is InChI=1S/C16H24N2O/c1-11(10-19)13(3)17-9-16-12(2)14-7-5-6-8-15(14)18(16)4/h5-8,11,13,17,19H,9-10H2,1-4H3. The molecule has 0 spiro atoms. The first-order valence-corrected chi connectivity index (χ1v) is 6.93. The molecule has 104 valence electrons. The first-order chi connectivity index (χ1) is 9.06. The lowest BCUT2D eigenvalue weighted by Gasteiger charge is -2.20. The van der Waals surface area contributed by atoms with Gasteiger partial charge in [-0.25, -0.2) is 0 Å². The molecule has 0 aliphatic rings. The molecule has 0 aliphatic carbocycles. The third-order valence-electron chi connectivity index (χ3n) is 4.24. The SMILES string of the molecule is Cc1c(CNC(C)C(C)CO)n(C)c2ccccc12. The number of nitrogens with zero attached hydrogens (tertiary/aromatic N) is 1. The van der Waals surface area contributed by atoms with Gasteiger partial charge in [-0.3, -0.25) is 0 Å². The monoisotopic (exact) mass is 260 g/mol. The van der Waals surface area contributed by atoms with Crippen molar-refractivity contribution in [2.45, 2.75) is 33.4 Å². The second kappa shape index (κ2) is 5.76. The van der Waals surface area contributed by atoms with Gasteiger partial charge in [-0.1, -0.05) is 25.1 Å². The predicted molar refractivity (Wildman–Crippen MR) is 80.2 cm³/mol. The number of rotatable bonds is 5. The summed E-state index contributed by atoms with van der Waals surface area (Å²) < 4.78 is 2.26. The van der Waals surface area contributed by atoms with Crippen molar-refractivity contribution >= 4 is 10.9 Å². The summed E-state index contributed by atoms with van der Waals surface area (Å²) in [6.07, 6.45) is 0. The number of aryl methyl sites for hydroxylation is 2. The van der Waals surface area contributed by atoms with Crippen molar-refractivity contribution in [2.24, 2.45) is 13.0 Å². The lowest BCUT2D eigenvalue weighted by atomic mass is 10.0. The highest BCUT2D eigenvalue weighted by atomic mass is 16.3. The van der Waals surface area contributed by atoms with Gasteiger partial charge in [0.2, 0.25) is 0 Å². The molecule has 19 heavy (non-hydrogen) atoms. The quantitative estimate of drug-likeness (QED) is 0.867. The molecule has 0 bridgehead atoms. The molecule has 2 aromatic rings. The molecule has 0 amide bonds. The average Bonchev–Trinajstić information content (AvgIpc) is 2.68. The molecular weight excluding hydrogens is 236 g/mol. The van der Waals surface area contributed by atoms with Gasteiger partial charge in [-0.05, 0) is 31.4 Å². The molecule has 2 atom stereocenters. The Balaban J connectivity index is 2.21. The Morgan fingerprint density at radius 2 is 1.95 bits per heavy atom. The van der Waals surface area contributed by atoms with Gasteiger partial charge in [0.15, 0.2) is 0 Å². The summed E-state index contributed by atoms with van der Waals surface area (Å²) in [5.41, 5.74) is 3.94. The van der Waals surface area contributed by atoms with Gasteiger partial charge in [0, 0.05) is 42.8 Å². The minimum atomic E-state index is 0.224. The third kappa shape index (κ3) is 2.67. The number of aliphatic hydroxyl groups is 1. The molecule has 2 rings (SSSR count). The van der Waals surface area contributed by atoms with Crippen LogP contribution in [0.25, 0.3) is 10.9 Å². The number of aromatic nitrogens is 1. The third-order valence-corrected chi connectivity index (χ3v) is 4.24. The zero-order chi connectivity index (χ0) is 14.0. The summed E-state index contributed by atoms with van der Waals surface area (Å²) >= 11 is 0. The minimum Gasteiger partial charge on any atom is -0.396 e. The van der Waals surface area contributed by atoms with E-state index in [0.29, 0.717) is 6.04 Å². The molecule has 0 saturated carbocycles. The van der Waals surface area contributed by atoms with E-state index in [2.05, 4.69) is 62.0 Å². The van der Waals surface area contributed by atoms with Crippen molar-refractivity contribution in [1.82, 2.24) is 9.88 Å². The van der Waals surface area contributed by atoms with E-state index in [4.69, 9.17) is 0 Å². The molecule has 1 aromatic carbocycles. The maximum Gasteiger partial charge on any atom is 0.0483 e. The van der Waals surface area contributed by atoms with E-state index >= 15 is 0 Å². The van der Waals surface area contributed by atoms with E-state index < -0.39 is 0 Å². The average molecular weight is 260 g/mol. The second-order valence-electron chi connectivity index (χ2n) is 5.48. The smallest absolute Gasteiger partial charge is 0.0483 e. The summed E-state index contributed by atoms with van der Waals surface area (Å²) in [4.78, 5) is 0. The van der Waals surface area contributed by atoms with E-state index in [-0.39, 0.29) is 12.5 Å². The largest absolute Gasteiger partial charge is 0.396 e. The molecule has 1 aromatic heterocycles.